The molecular weight excluding hydrogens is 300 g/mol. The molecule has 1 heterocycles. The van der Waals surface area contributed by atoms with Crippen LogP contribution in [0.25, 0.3) is 0 Å². The predicted octanol–water partition coefficient (Wildman–Crippen LogP) is 2.83. The second kappa shape index (κ2) is 7.12. The average molecular weight is 321 g/mol. The summed E-state index contributed by atoms with van der Waals surface area (Å²) in [7, 11) is 0. The number of carbonyl (C=O) groups excluding carboxylic acids is 2. The summed E-state index contributed by atoms with van der Waals surface area (Å²) in [6.07, 6.45) is 3.65. The topological polar surface area (TPSA) is 52.6 Å². The third kappa shape index (κ3) is 3.25. The zero-order chi connectivity index (χ0) is 13.6. The Labute approximate surface area is 117 Å². The molecule has 1 rings (SSSR count). The summed E-state index contributed by atoms with van der Waals surface area (Å²) < 4.78 is 10.3. The van der Waals surface area contributed by atoms with Gasteiger partial charge in [-0.25, -0.2) is 0 Å². The van der Waals surface area contributed by atoms with Crippen molar-refractivity contribution in [2.45, 2.75) is 52.1 Å². The van der Waals surface area contributed by atoms with E-state index in [2.05, 4.69) is 22.9 Å². The summed E-state index contributed by atoms with van der Waals surface area (Å²) in [5.74, 6) is -0.837. The Kier molecular flexibility index (Phi) is 6.12. The molecule has 18 heavy (non-hydrogen) atoms. The van der Waals surface area contributed by atoms with Gasteiger partial charge in [0.05, 0.1) is 6.61 Å². The molecule has 0 bridgehead atoms. The fourth-order valence-corrected chi connectivity index (χ4v) is 2.64. The molecule has 0 aliphatic carbocycles. The van der Waals surface area contributed by atoms with E-state index in [0.717, 1.165) is 19.3 Å². The van der Waals surface area contributed by atoms with E-state index in [0.29, 0.717) is 24.8 Å². The highest BCUT2D eigenvalue weighted by molar-refractivity contribution is 9.09. The van der Waals surface area contributed by atoms with Gasteiger partial charge < -0.3 is 9.47 Å². The highest BCUT2D eigenvalue weighted by Gasteiger charge is 2.55. The lowest BCUT2D eigenvalue weighted by molar-refractivity contribution is -0.165. The van der Waals surface area contributed by atoms with Gasteiger partial charge in [0.1, 0.15) is 6.10 Å². The molecule has 1 aliphatic heterocycles. The van der Waals surface area contributed by atoms with Crippen molar-refractivity contribution in [3.05, 3.63) is 0 Å². The lowest BCUT2D eigenvalue weighted by Gasteiger charge is -2.22. The predicted molar refractivity (Wildman–Crippen MR) is 71.5 cm³/mol. The molecule has 0 spiro atoms. The minimum atomic E-state index is -1.07. The maximum Gasteiger partial charge on any atom is 0.323 e. The van der Waals surface area contributed by atoms with Gasteiger partial charge in [-0.2, -0.15) is 0 Å². The van der Waals surface area contributed by atoms with E-state index >= 15 is 0 Å². The molecular formula is C13H21BrO4. The minimum absolute atomic E-state index is 0.219. The molecule has 0 N–H and O–H groups in total. The summed E-state index contributed by atoms with van der Waals surface area (Å²) in [6.45, 7) is 4.13. The van der Waals surface area contributed by atoms with Gasteiger partial charge in [0.15, 0.2) is 5.41 Å². The highest BCUT2D eigenvalue weighted by Crippen LogP contribution is 2.40. The largest absolute Gasteiger partial charge is 0.465 e. The molecule has 1 aliphatic rings. The van der Waals surface area contributed by atoms with Gasteiger partial charge in [0.2, 0.25) is 0 Å². The fraction of sp³-hybridized carbons (Fsp3) is 0.846. The number of rotatable bonds is 7. The lowest BCUT2D eigenvalue weighted by atomic mass is 9.80. The average Bonchev–Trinajstić information content (AvgIpc) is 2.68. The van der Waals surface area contributed by atoms with Crippen molar-refractivity contribution < 1.29 is 19.1 Å². The Morgan fingerprint density at radius 3 is 2.72 bits per heavy atom. The van der Waals surface area contributed by atoms with Crippen LogP contribution in [-0.2, 0) is 19.1 Å². The number of unbranched alkanes of at least 4 members (excludes halogenated alkanes) is 2. The molecule has 104 valence electrons. The smallest absolute Gasteiger partial charge is 0.323 e. The summed E-state index contributed by atoms with van der Waals surface area (Å²) in [5, 5.41) is 0.563. The zero-order valence-electron chi connectivity index (χ0n) is 11.0. The van der Waals surface area contributed by atoms with E-state index in [9.17, 15) is 9.59 Å². The van der Waals surface area contributed by atoms with Crippen LogP contribution in [0.4, 0.5) is 0 Å². The number of halogens is 1. The van der Waals surface area contributed by atoms with Crippen molar-refractivity contribution in [1.29, 1.82) is 0 Å². The van der Waals surface area contributed by atoms with Gasteiger partial charge in [0, 0.05) is 11.8 Å². The Morgan fingerprint density at radius 2 is 2.22 bits per heavy atom. The first kappa shape index (κ1) is 15.5. The highest BCUT2D eigenvalue weighted by atomic mass is 79.9. The SMILES string of the molecule is CCCCC[C@@]1(C(=O)OCC)C[C@H](CBr)OC1=O. The number of cyclic esters (lactones) is 1. The van der Waals surface area contributed by atoms with Crippen LogP contribution in [0, 0.1) is 5.41 Å². The van der Waals surface area contributed by atoms with E-state index in [1.165, 1.54) is 0 Å². The van der Waals surface area contributed by atoms with Crippen LogP contribution in [0.5, 0.6) is 0 Å². The van der Waals surface area contributed by atoms with E-state index in [1.807, 2.05) is 0 Å². The van der Waals surface area contributed by atoms with Gasteiger partial charge >= 0.3 is 11.9 Å². The number of hydrogen-bond acceptors (Lipinski definition) is 4. The second-order valence-corrected chi connectivity index (χ2v) is 5.29. The van der Waals surface area contributed by atoms with Crippen molar-refractivity contribution in [2.24, 2.45) is 5.41 Å². The quantitative estimate of drug-likeness (QED) is 0.313. The zero-order valence-corrected chi connectivity index (χ0v) is 12.6. The van der Waals surface area contributed by atoms with Gasteiger partial charge in [-0.1, -0.05) is 42.1 Å². The Hall–Kier alpha value is -0.580. The van der Waals surface area contributed by atoms with Crippen molar-refractivity contribution >= 4 is 27.9 Å². The van der Waals surface area contributed by atoms with Gasteiger partial charge in [-0.3, -0.25) is 9.59 Å². The van der Waals surface area contributed by atoms with E-state index in [-0.39, 0.29) is 6.10 Å². The maximum absolute atomic E-state index is 12.1. The monoisotopic (exact) mass is 320 g/mol. The molecule has 0 radical (unpaired) electrons. The number of esters is 2. The van der Waals surface area contributed by atoms with Crippen LogP contribution in [0.2, 0.25) is 0 Å². The van der Waals surface area contributed by atoms with Crippen LogP contribution in [-0.4, -0.2) is 30.0 Å². The molecule has 0 aromatic rings. The van der Waals surface area contributed by atoms with E-state index in [1.54, 1.807) is 6.92 Å². The summed E-state index contributed by atoms with van der Waals surface area (Å²) in [5.41, 5.74) is -1.07. The number of carbonyl (C=O) groups is 2. The fourth-order valence-electron chi connectivity index (χ4n) is 2.28. The maximum atomic E-state index is 12.1. The third-order valence-corrected chi connectivity index (χ3v) is 4.01. The van der Waals surface area contributed by atoms with Crippen LogP contribution >= 0.6 is 15.9 Å². The van der Waals surface area contributed by atoms with Crippen molar-refractivity contribution in [2.75, 3.05) is 11.9 Å². The molecule has 0 aromatic heterocycles. The first-order chi connectivity index (χ1) is 8.60. The van der Waals surface area contributed by atoms with Gasteiger partial charge in [0.25, 0.3) is 0 Å². The van der Waals surface area contributed by atoms with Crippen LogP contribution in [0.1, 0.15) is 46.0 Å². The van der Waals surface area contributed by atoms with Crippen LogP contribution in [0.3, 0.4) is 0 Å². The lowest BCUT2D eigenvalue weighted by Crippen LogP contribution is -2.37. The van der Waals surface area contributed by atoms with E-state index in [4.69, 9.17) is 9.47 Å². The van der Waals surface area contributed by atoms with Gasteiger partial charge in [-0.15, -0.1) is 0 Å². The molecule has 5 heteroatoms. The Morgan fingerprint density at radius 1 is 1.50 bits per heavy atom. The second-order valence-electron chi connectivity index (χ2n) is 4.65. The number of ether oxygens (including phenoxy) is 2. The molecule has 0 saturated carbocycles. The molecule has 4 nitrogen and oxygen atoms in total. The molecule has 1 fully saturated rings. The number of hydrogen-bond donors (Lipinski definition) is 0. The normalized spacial score (nSPS) is 27.1. The van der Waals surface area contributed by atoms with Crippen molar-refractivity contribution in [3.63, 3.8) is 0 Å². The standard InChI is InChI=1S/C13H21BrO4/c1-3-5-6-7-13(11(15)17-4-2)8-10(9-14)18-12(13)16/h10H,3-9H2,1-2H3/t10-,13+/m1/s1. The van der Waals surface area contributed by atoms with Crippen LogP contribution in [0.15, 0.2) is 0 Å². The Bertz CT molecular complexity index is 305. The summed E-state index contributed by atoms with van der Waals surface area (Å²) in [4.78, 5) is 24.1. The number of alkyl halides is 1. The third-order valence-electron chi connectivity index (χ3n) is 3.29. The summed E-state index contributed by atoms with van der Waals surface area (Å²) >= 11 is 3.30. The first-order valence-electron chi connectivity index (χ1n) is 6.55. The molecule has 0 unspecified atom stereocenters. The molecule has 0 aromatic carbocycles. The molecule has 2 atom stereocenters. The minimum Gasteiger partial charge on any atom is -0.465 e. The first-order valence-corrected chi connectivity index (χ1v) is 7.67. The van der Waals surface area contributed by atoms with Crippen molar-refractivity contribution in [3.8, 4) is 0 Å². The molecule has 1 saturated heterocycles. The summed E-state index contributed by atoms with van der Waals surface area (Å²) in [6, 6.07) is 0. The van der Waals surface area contributed by atoms with E-state index < -0.39 is 17.4 Å². The molecule has 0 amide bonds. The van der Waals surface area contributed by atoms with Gasteiger partial charge in [-0.05, 0) is 13.3 Å². The van der Waals surface area contributed by atoms with Crippen molar-refractivity contribution in [1.82, 2.24) is 0 Å². The van der Waals surface area contributed by atoms with Crippen LogP contribution < -0.4 is 0 Å². The Balaban J connectivity index is 2.80.